The van der Waals surface area contributed by atoms with Crippen LogP contribution in [0.15, 0.2) is 32.8 Å². The molecule has 0 aromatic carbocycles. The zero-order valence-corrected chi connectivity index (χ0v) is 9.97. The second kappa shape index (κ2) is 5.17. The number of nitrogen functional groups attached to an aromatic ring is 1. The Morgan fingerprint density at radius 2 is 2.50 bits per heavy atom. The summed E-state index contributed by atoms with van der Waals surface area (Å²) >= 11 is 0. The minimum atomic E-state index is 0.272. The van der Waals surface area contributed by atoms with Gasteiger partial charge in [-0.15, -0.1) is 0 Å². The monoisotopic (exact) mass is 246 g/mol. The summed E-state index contributed by atoms with van der Waals surface area (Å²) in [5.41, 5.74) is 6.19. The van der Waals surface area contributed by atoms with Gasteiger partial charge in [0.25, 0.3) is 0 Å². The summed E-state index contributed by atoms with van der Waals surface area (Å²) in [4.78, 5) is 14.8. The van der Waals surface area contributed by atoms with Gasteiger partial charge in [-0.3, -0.25) is 4.99 Å². The number of imidazole rings is 1. The predicted molar refractivity (Wildman–Crippen MR) is 70.2 cm³/mol. The van der Waals surface area contributed by atoms with Gasteiger partial charge in [-0.1, -0.05) is 0 Å². The van der Waals surface area contributed by atoms with E-state index in [2.05, 4.69) is 32.0 Å². The van der Waals surface area contributed by atoms with Crippen molar-refractivity contribution >= 4 is 24.3 Å². The van der Waals surface area contributed by atoms with E-state index in [1.165, 1.54) is 0 Å². The Morgan fingerprint density at radius 1 is 1.67 bits per heavy atom. The SMILES string of the molecule is C=Nc1nc(N)[nH]c1C(=NC)NCc1ccco1. The summed E-state index contributed by atoms with van der Waals surface area (Å²) in [6, 6.07) is 3.69. The minimum Gasteiger partial charge on any atom is -0.467 e. The van der Waals surface area contributed by atoms with Gasteiger partial charge < -0.3 is 20.5 Å². The summed E-state index contributed by atoms with van der Waals surface area (Å²) in [7, 11) is 1.66. The van der Waals surface area contributed by atoms with E-state index in [1.807, 2.05) is 12.1 Å². The number of hydrogen-bond donors (Lipinski definition) is 3. The molecule has 94 valence electrons. The lowest BCUT2D eigenvalue weighted by molar-refractivity contribution is 0.503. The Bertz CT molecular complexity index is 554. The Balaban J connectivity index is 2.15. The van der Waals surface area contributed by atoms with E-state index < -0.39 is 0 Å². The standard InChI is InChI=1S/C11H14N6O/c1-13-9(15-6-7-4-3-5-18-7)8-10(14-2)17-11(12)16-8/h3-5H,2,6H2,1H3,(H,13,15)(H3,12,16,17). The number of aromatic nitrogens is 2. The topological polar surface area (TPSA) is 105 Å². The van der Waals surface area contributed by atoms with Gasteiger partial charge >= 0.3 is 0 Å². The van der Waals surface area contributed by atoms with Gasteiger partial charge in [0.1, 0.15) is 17.3 Å². The zero-order chi connectivity index (χ0) is 13.0. The van der Waals surface area contributed by atoms with Gasteiger partial charge in [0.05, 0.1) is 12.8 Å². The number of furan rings is 1. The molecule has 0 aliphatic carbocycles. The van der Waals surface area contributed by atoms with Crippen LogP contribution < -0.4 is 11.1 Å². The van der Waals surface area contributed by atoms with E-state index in [1.54, 1.807) is 13.3 Å². The molecule has 2 aromatic rings. The largest absolute Gasteiger partial charge is 0.467 e. The molecule has 0 bridgehead atoms. The molecule has 7 heteroatoms. The van der Waals surface area contributed by atoms with E-state index >= 15 is 0 Å². The second-order valence-electron chi connectivity index (χ2n) is 3.48. The van der Waals surface area contributed by atoms with Crippen LogP contribution in [-0.4, -0.2) is 29.6 Å². The summed E-state index contributed by atoms with van der Waals surface area (Å²) < 4.78 is 5.22. The van der Waals surface area contributed by atoms with E-state index in [4.69, 9.17) is 10.2 Å². The average molecular weight is 246 g/mol. The molecule has 0 spiro atoms. The molecule has 0 atom stereocenters. The third kappa shape index (κ3) is 2.40. The number of rotatable bonds is 4. The first-order valence-corrected chi connectivity index (χ1v) is 5.30. The van der Waals surface area contributed by atoms with Gasteiger partial charge in [0.2, 0.25) is 0 Å². The summed E-state index contributed by atoms with van der Waals surface area (Å²) in [5.74, 6) is 2.09. The Hall–Kier alpha value is -2.57. The molecule has 0 saturated carbocycles. The van der Waals surface area contributed by atoms with Crippen LogP contribution in [0.3, 0.4) is 0 Å². The van der Waals surface area contributed by atoms with Crippen molar-refractivity contribution in [2.75, 3.05) is 12.8 Å². The van der Waals surface area contributed by atoms with E-state index in [-0.39, 0.29) is 5.95 Å². The highest BCUT2D eigenvalue weighted by atomic mass is 16.3. The highest BCUT2D eigenvalue weighted by Crippen LogP contribution is 2.16. The van der Waals surface area contributed by atoms with E-state index in [9.17, 15) is 0 Å². The molecule has 2 rings (SSSR count). The lowest BCUT2D eigenvalue weighted by Crippen LogP contribution is -2.24. The Kier molecular flexibility index (Phi) is 3.42. The summed E-state index contributed by atoms with van der Waals surface area (Å²) in [6.45, 7) is 3.95. The van der Waals surface area contributed by atoms with E-state index in [0.29, 0.717) is 23.9 Å². The number of aliphatic imine (C=N–C) groups is 2. The van der Waals surface area contributed by atoms with Crippen molar-refractivity contribution in [2.24, 2.45) is 9.98 Å². The highest BCUT2D eigenvalue weighted by molar-refractivity contribution is 6.01. The number of nitrogens with two attached hydrogens (primary N) is 1. The van der Waals surface area contributed by atoms with Gasteiger partial charge in [-0.25, -0.2) is 4.99 Å². The van der Waals surface area contributed by atoms with Crippen LogP contribution in [0.4, 0.5) is 11.8 Å². The molecule has 0 radical (unpaired) electrons. The second-order valence-corrected chi connectivity index (χ2v) is 3.48. The fourth-order valence-electron chi connectivity index (χ4n) is 1.52. The van der Waals surface area contributed by atoms with Gasteiger partial charge in [-0.2, -0.15) is 4.98 Å². The average Bonchev–Trinajstić information content (AvgIpc) is 2.99. The normalized spacial score (nSPS) is 11.5. The minimum absolute atomic E-state index is 0.272. The lowest BCUT2D eigenvalue weighted by atomic mass is 10.3. The van der Waals surface area contributed by atoms with Crippen molar-refractivity contribution in [3.05, 3.63) is 29.9 Å². The van der Waals surface area contributed by atoms with Crippen LogP contribution in [0.25, 0.3) is 0 Å². The van der Waals surface area contributed by atoms with Crippen molar-refractivity contribution in [1.29, 1.82) is 0 Å². The molecular formula is C11H14N6O. The quantitative estimate of drug-likeness (QED) is 0.554. The van der Waals surface area contributed by atoms with Crippen molar-refractivity contribution in [2.45, 2.75) is 6.54 Å². The number of aromatic amines is 1. The first-order chi connectivity index (χ1) is 8.74. The van der Waals surface area contributed by atoms with Crippen LogP contribution in [0.5, 0.6) is 0 Å². The molecule has 0 saturated heterocycles. The maximum atomic E-state index is 5.58. The third-order valence-corrected chi connectivity index (χ3v) is 2.32. The molecule has 0 aliphatic rings. The third-order valence-electron chi connectivity index (χ3n) is 2.32. The van der Waals surface area contributed by atoms with Crippen LogP contribution in [0, 0.1) is 0 Å². The molecule has 4 N–H and O–H groups in total. The Morgan fingerprint density at radius 3 is 3.11 bits per heavy atom. The molecule has 2 aromatic heterocycles. The smallest absolute Gasteiger partial charge is 0.200 e. The molecule has 2 heterocycles. The van der Waals surface area contributed by atoms with Crippen LogP contribution in [-0.2, 0) is 6.54 Å². The van der Waals surface area contributed by atoms with Crippen molar-refractivity contribution < 1.29 is 4.42 Å². The summed E-state index contributed by atoms with van der Waals surface area (Å²) in [5, 5.41) is 3.12. The molecule has 0 aliphatic heterocycles. The molecule has 18 heavy (non-hydrogen) atoms. The van der Waals surface area contributed by atoms with Gasteiger partial charge in [0, 0.05) is 7.05 Å². The van der Waals surface area contributed by atoms with E-state index in [0.717, 1.165) is 5.76 Å². The van der Waals surface area contributed by atoms with Crippen molar-refractivity contribution in [3.63, 3.8) is 0 Å². The predicted octanol–water partition coefficient (Wildman–Crippen LogP) is 1.08. The molecule has 0 amide bonds. The zero-order valence-electron chi connectivity index (χ0n) is 9.97. The maximum absolute atomic E-state index is 5.58. The van der Waals surface area contributed by atoms with Crippen molar-refractivity contribution in [1.82, 2.24) is 15.3 Å². The fraction of sp³-hybridized carbons (Fsp3) is 0.182. The maximum Gasteiger partial charge on any atom is 0.200 e. The number of amidine groups is 1. The molecular weight excluding hydrogens is 232 g/mol. The summed E-state index contributed by atoms with van der Waals surface area (Å²) in [6.07, 6.45) is 1.62. The van der Waals surface area contributed by atoms with Crippen LogP contribution in [0.2, 0.25) is 0 Å². The molecule has 0 unspecified atom stereocenters. The number of hydrogen-bond acceptors (Lipinski definition) is 5. The van der Waals surface area contributed by atoms with Gasteiger partial charge in [-0.05, 0) is 18.9 Å². The number of nitrogens with zero attached hydrogens (tertiary/aromatic N) is 3. The fourth-order valence-corrected chi connectivity index (χ4v) is 1.52. The Labute approximate surface area is 104 Å². The van der Waals surface area contributed by atoms with Crippen LogP contribution in [0.1, 0.15) is 11.5 Å². The number of anilines is 1. The number of nitrogens with one attached hydrogen (secondary N) is 2. The van der Waals surface area contributed by atoms with Crippen molar-refractivity contribution in [3.8, 4) is 0 Å². The van der Waals surface area contributed by atoms with Crippen LogP contribution >= 0.6 is 0 Å². The highest BCUT2D eigenvalue weighted by Gasteiger charge is 2.13. The number of H-pyrrole nitrogens is 1. The first kappa shape index (κ1) is 11.9. The van der Waals surface area contributed by atoms with Gasteiger partial charge in [0.15, 0.2) is 11.8 Å². The molecule has 0 fully saturated rings. The lowest BCUT2D eigenvalue weighted by Gasteiger charge is -2.06. The molecule has 7 nitrogen and oxygen atoms in total. The first-order valence-electron chi connectivity index (χ1n) is 5.30.